The maximum absolute atomic E-state index is 13.7. The van der Waals surface area contributed by atoms with Crippen molar-refractivity contribution in [3.8, 4) is 5.75 Å². The Hall–Kier alpha value is -4.07. The molecule has 1 spiro atoms. The van der Waals surface area contributed by atoms with Gasteiger partial charge in [0.25, 0.3) is 0 Å². The molecule has 5 rings (SSSR count). The minimum Gasteiger partial charge on any atom is -0.497 e. The number of para-hydroxylation sites is 1. The summed E-state index contributed by atoms with van der Waals surface area (Å²) >= 11 is 0. The summed E-state index contributed by atoms with van der Waals surface area (Å²) in [4.78, 5) is 40.4. The van der Waals surface area contributed by atoms with E-state index < -0.39 is 17.3 Å². The minimum atomic E-state index is -1.72. The van der Waals surface area contributed by atoms with E-state index in [9.17, 15) is 14.4 Å². The number of amides is 1. The van der Waals surface area contributed by atoms with Crippen LogP contribution in [0, 0.1) is 0 Å². The third-order valence-corrected chi connectivity index (χ3v) is 6.64. The first-order valence-electron chi connectivity index (χ1n) is 11.1. The van der Waals surface area contributed by atoms with Gasteiger partial charge in [0.05, 0.1) is 19.3 Å². The Kier molecular flexibility index (Phi) is 5.16. The predicted molar refractivity (Wildman–Crippen MR) is 123 cm³/mol. The molecule has 0 radical (unpaired) electrons. The van der Waals surface area contributed by atoms with E-state index in [-0.39, 0.29) is 41.8 Å². The largest absolute Gasteiger partial charge is 0.497 e. The number of anilines is 1. The SMILES string of the molecule is CCOC(=O)C1=C(N)OC2=C(C(=O)C[C@H](c3ccc(OC)cc3)C2)[C@@]12C(=O)Nc1ccccc12. The number of ketones is 1. The number of allylic oxidation sites excluding steroid dienone is 1. The molecule has 8 nitrogen and oxygen atoms in total. The molecular formula is C26H24N2O6. The summed E-state index contributed by atoms with van der Waals surface area (Å²) in [5.74, 6) is -0.977. The van der Waals surface area contributed by atoms with Crippen molar-refractivity contribution in [3.05, 3.63) is 82.4 Å². The molecule has 1 aliphatic carbocycles. The molecule has 1 amide bonds. The van der Waals surface area contributed by atoms with Crippen LogP contribution in [-0.4, -0.2) is 31.4 Å². The van der Waals surface area contributed by atoms with Crippen LogP contribution in [0.1, 0.15) is 36.8 Å². The average molecular weight is 460 g/mol. The number of carbonyl (C=O) groups is 3. The highest BCUT2D eigenvalue weighted by Crippen LogP contribution is 2.55. The second-order valence-electron chi connectivity index (χ2n) is 8.41. The van der Waals surface area contributed by atoms with Gasteiger partial charge in [-0.25, -0.2) is 4.79 Å². The molecule has 0 saturated carbocycles. The molecule has 3 aliphatic rings. The second kappa shape index (κ2) is 8.06. The van der Waals surface area contributed by atoms with Crippen molar-refractivity contribution in [2.75, 3.05) is 19.0 Å². The van der Waals surface area contributed by atoms with Gasteiger partial charge in [0.1, 0.15) is 22.5 Å². The van der Waals surface area contributed by atoms with E-state index >= 15 is 0 Å². The van der Waals surface area contributed by atoms with Crippen LogP contribution in [0.25, 0.3) is 0 Å². The standard InChI is InChI=1S/C26H24N2O6/c1-3-33-24(30)22-23(27)34-20-13-15(14-8-10-16(32-2)11-9-14)12-19(29)21(20)26(22)17-6-4-5-7-18(17)28-25(26)31/h4-11,15H,3,12-13,27H2,1-2H3,(H,28,31)/t15-,26+/m0/s1. The molecule has 2 aromatic rings. The maximum atomic E-state index is 13.7. The quantitative estimate of drug-likeness (QED) is 0.674. The van der Waals surface area contributed by atoms with Crippen LogP contribution in [0.2, 0.25) is 0 Å². The van der Waals surface area contributed by atoms with Gasteiger partial charge in [-0.2, -0.15) is 0 Å². The Morgan fingerprint density at radius 1 is 1.15 bits per heavy atom. The number of Topliss-reactive ketones (excluding diaryl/α,β-unsaturated/α-hetero) is 1. The lowest BCUT2D eigenvalue weighted by molar-refractivity contribution is -0.141. The van der Waals surface area contributed by atoms with Gasteiger partial charge in [0.15, 0.2) is 5.78 Å². The number of hydrogen-bond acceptors (Lipinski definition) is 7. The molecule has 0 fully saturated rings. The Morgan fingerprint density at radius 3 is 2.59 bits per heavy atom. The van der Waals surface area contributed by atoms with E-state index in [4.69, 9.17) is 19.9 Å². The molecule has 0 aromatic heterocycles. The fourth-order valence-electron chi connectivity index (χ4n) is 5.21. The molecule has 2 heterocycles. The van der Waals surface area contributed by atoms with Crippen LogP contribution in [0.5, 0.6) is 5.75 Å². The lowest BCUT2D eigenvalue weighted by Crippen LogP contribution is -2.49. The third kappa shape index (κ3) is 3.02. The maximum Gasteiger partial charge on any atom is 0.341 e. The van der Waals surface area contributed by atoms with E-state index in [1.807, 2.05) is 24.3 Å². The van der Waals surface area contributed by atoms with Crippen molar-refractivity contribution in [2.24, 2.45) is 5.73 Å². The summed E-state index contributed by atoms with van der Waals surface area (Å²) in [5, 5.41) is 2.82. The Balaban J connectivity index is 1.68. The number of fused-ring (bicyclic) bond motifs is 3. The van der Waals surface area contributed by atoms with Crippen LogP contribution in [0.4, 0.5) is 5.69 Å². The Bertz CT molecular complexity index is 1280. The van der Waals surface area contributed by atoms with Crippen molar-refractivity contribution in [1.82, 2.24) is 0 Å². The number of benzene rings is 2. The van der Waals surface area contributed by atoms with Crippen molar-refractivity contribution in [2.45, 2.75) is 31.1 Å². The van der Waals surface area contributed by atoms with Crippen LogP contribution in [0.3, 0.4) is 0 Å². The van der Waals surface area contributed by atoms with Gasteiger partial charge in [-0.15, -0.1) is 0 Å². The number of nitrogens with two attached hydrogens (primary N) is 1. The fraction of sp³-hybridized carbons (Fsp3) is 0.269. The number of esters is 1. The number of ether oxygens (including phenoxy) is 3. The molecule has 2 aromatic carbocycles. The van der Waals surface area contributed by atoms with Crippen molar-refractivity contribution < 1.29 is 28.6 Å². The number of rotatable bonds is 4. The molecule has 2 atom stereocenters. The third-order valence-electron chi connectivity index (χ3n) is 6.64. The molecular weight excluding hydrogens is 436 g/mol. The van der Waals surface area contributed by atoms with E-state index in [1.165, 1.54) is 0 Å². The van der Waals surface area contributed by atoms with Gasteiger partial charge >= 0.3 is 5.97 Å². The predicted octanol–water partition coefficient (Wildman–Crippen LogP) is 3.05. The molecule has 8 heteroatoms. The first-order valence-corrected chi connectivity index (χ1v) is 11.1. The molecule has 3 N–H and O–H groups in total. The van der Waals surface area contributed by atoms with E-state index in [2.05, 4.69) is 5.32 Å². The van der Waals surface area contributed by atoms with Crippen LogP contribution in [-0.2, 0) is 29.3 Å². The zero-order chi connectivity index (χ0) is 24.0. The summed E-state index contributed by atoms with van der Waals surface area (Å²) in [5.41, 5.74) is 6.48. The first-order chi connectivity index (χ1) is 16.4. The summed E-state index contributed by atoms with van der Waals surface area (Å²) in [6, 6.07) is 14.4. The van der Waals surface area contributed by atoms with E-state index in [0.717, 1.165) is 5.56 Å². The zero-order valence-corrected chi connectivity index (χ0v) is 18.8. The van der Waals surface area contributed by atoms with Crippen LogP contribution >= 0.6 is 0 Å². The molecule has 0 unspecified atom stereocenters. The van der Waals surface area contributed by atoms with E-state index in [0.29, 0.717) is 29.2 Å². The number of hydrogen-bond donors (Lipinski definition) is 2. The normalized spacial score (nSPS) is 23.3. The topological polar surface area (TPSA) is 117 Å². The number of nitrogens with one attached hydrogen (secondary N) is 1. The molecule has 0 bridgehead atoms. The number of carbonyl (C=O) groups excluding carboxylic acids is 3. The second-order valence-corrected chi connectivity index (χ2v) is 8.41. The van der Waals surface area contributed by atoms with Crippen molar-refractivity contribution >= 4 is 23.3 Å². The molecule has 0 saturated heterocycles. The summed E-state index contributed by atoms with van der Waals surface area (Å²) in [7, 11) is 1.59. The average Bonchev–Trinajstić information content (AvgIpc) is 3.10. The van der Waals surface area contributed by atoms with Gasteiger partial charge in [-0.05, 0) is 36.6 Å². The smallest absolute Gasteiger partial charge is 0.341 e. The highest BCUT2D eigenvalue weighted by molar-refractivity contribution is 6.22. The van der Waals surface area contributed by atoms with Gasteiger partial charge in [-0.1, -0.05) is 30.3 Å². The molecule has 174 valence electrons. The first kappa shape index (κ1) is 21.8. The highest BCUT2D eigenvalue weighted by atomic mass is 16.5. The zero-order valence-electron chi connectivity index (χ0n) is 18.8. The van der Waals surface area contributed by atoms with E-state index in [1.54, 1.807) is 38.3 Å². The summed E-state index contributed by atoms with van der Waals surface area (Å²) in [6.07, 6.45) is 0.503. The van der Waals surface area contributed by atoms with Crippen molar-refractivity contribution in [3.63, 3.8) is 0 Å². The monoisotopic (exact) mass is 460 g/mol. The van der Waals surface area contributed by atoms with Gasteiger partial charge < -0.3 is 25.3 Å². The molecule has 34 heavy (non-hydrogen) atoms. The van der Waals surface area contributed by atoms with Crippen molar-refractivity contribution in [1.29, 1.82) is 0 Å². The Morgan fingerprint density at radius 2 is 1.88 bits per heavy atom. The van der Waals surface area contributed by atoms with Gasteiger partial charge in [0.2, 0.25) is 11.8 Å². The van der Waals surface area contributed by atoms with Crippen LogP contribution < -0.4 is 15.8 Å². The highest BCUT2D eigenvalue weighted by Gasteiger charge is 2.62. The summed E-state index contributed by atoms with van der Waals surface area (Å²) in [6.45, 7) is 1.73. The van der Waals surface area contributed by atoms with Gasteiger partial charge in [0, 0.05) is 24.1 Å². The minimum absolute atomic E-state index is 0.0777. The van der Waals surface area contributed by atoms with Gasteiger partial charge in [-0.3, -0.25) is 9.59 Å². The summed E-state index contributed by atoms with van der Waals surface area (Å²) < 4.78 is 16.4. The lowest BCUT2D eigenvalue weighted by atomic mass is 9.63. The Labute approximate surface area is 196 Å². The number of methoxy groups -OCH3 is 1. The lowest BCUT2D eigenvalue weighted by Gasteiger charge is -2.40. The van der Waals surface area contributed by atoms with Crippen LogP contribution in [0.15, 0.2) is 71.3 Å². The fourth-order valence-corrected chi connectivity index (χ4v) is 5.21. The molecule has 2 aliphatic heterocycles.